The summed E-state index contributed by atoms with van der Waals surface area (Å²) in [7, 11) is -1.02. The third-order valence-electron chi connectivity index (χ3n) is 4.05. The largest absolute Gasteiger partial charge is 0.451 e. The Morgan fingerprint density at radius 2 is 2.12 bits per heavy atom. The molecule has 0 radical (unpaired) electrons. The van der Waals surface area contributed by atoms with Crippen molar-refractivity contribution >= 4 is 27.5 Å². The van der Waals surface area contributed by atoms with Crippen molar-refractivity contribution in [1.82, 2.24) is 9.62 Å². The van der Waals surface area contributed by atoms with Crippen LogP contribution in [0.5, 0.6) is 0 Å². The molecule has 1 N–H and O–H groups in total. The first-order valence-electron chi connectivity index (χ1n) is 7.47. The van der Waals surface area contributed by atoms with Gasteiger partial charge in [0.1, 0.15) is 12.1 Å². The summed E-state index contributed by atoms with van der Waals surface area (Å²) >= 11 is 6.03. The lowest BCUT2D eigenvalue weighted by Crippen LogP contribution is -2.26. The second-order valence-electron chi connectivity index (χ2n) is 6.00. The number of nitrogens with zero attached hydrogens (tertiary/aromatic N) is 1. The van der Waals surface area contributed by atoms with Gasteiger partial charge in [0.05, 0.1) is 5.56 Å². The number of sulfonamides is 1. The minimum Gasteiger partial charge on any atom is -0.451 e. The summed E-state index contributed by atoms with van der Waals surface area (Å²) in [4.78, 5) is 12.2. The molecule has 1 aromatic carbocycles. The molecule has 1 aromatic heterocycles. The van der Waals surface area contributed by atoms with Gasteiger partial charge in [-0.15, -0.1) is 0 Å². The highest BCUT2D eigenvalue weighted by molar-refractivity contribution is 7.88. The second kappa shape index (κ2) is 6.44. The molecule has 1 saturated carbocycles. The van der Waals surface area contributed by atoms with Crippen LogP contribution >= 0.6 is 11.6 Å². The van der Waals surface area contributed by atoms with Crippen LogP contribution in [0.25, 0.3) is 0 Å². The Kier molecular flexibility index (Phi) is 4.61. The lowest BCUT2D eigenvalue weighted by atomic mass is 10.1. The summed E-state index contributed by atoms with van der Waals surface area (Å²) in [5.41, 5.74) is 0.475. The smallest absolute Gasteiger partial charge is 0.275 e. The van der Waals surface area contributed by atoms with Crippen LogP contribution in [0.1, 0.15) is 28.3 Å². The fourth-order valence-electron chi connectivity index (χ4n) is 2.54. The number of halogens is 2. The highest BCUT2D eigenvalue weighted by Gasteiger charge is 2.42. The zero-order valence-electron chi connectivity index (χ0n) is 13.5. The molecule has 134 valence electrons. The Hall–Kier alpha value is -1.90. The van der Waals surface area contributed by atoms with Crippen molar-refractivity contribution in [3.63, 3.8) is 0 Å². The van der Waals surface area contributed by atoms with E-state index in [1.54, 1.807) is 6.07 Å². The first kappa shape index (κ1) is 17.9. The summed E-state index contributed by atoms with van der Waals surface area (Å²) in [6, 6.07) is 5.36. The summed E-state index contributed by atoms with van der Waals surface area (Å²) < 4.78 is 43.8. The molecule has 1 aliphatic carbocycles. The molecule has 0 aliphatic heterocycles. The third-order valence-corrected chi connectivity index (χ3v) is 6.06. The molecule has 25 heavy (non-hydrogen) atoms. The molecular weight excluding hydrogens is 371 g/mol. The Morgan fingerprint density at radius 1 is 1.40 bits per heavy atom. The van der Waals surface area contributed by atoms with Gasteiger partial charge in [-0.05, 0) is 18.6 Å². The van der Waals surface area contributed by atoms with Crippen molar-refractivity contribution in [3.8, 4) is 0 Å². The van der Waals surface area contributed by atoms with Crippen LogP contribution in [-0.2, 0) is 10.0 Å². The normalized spacial score (nSPS) is 19.9. The molecule has 9 heteroatoms. The van der Waals surface area contributed by atoms with Crippen molar-refractivity contribution in [2.45, 2.75) is 23.5 Å². The minimum atomic E-state index is -3.75. The molecule has 2 atom stereocenters. The van der Waals surface area contributed by atoms with E-state index in [-0.39, 0.29) is 22.6 Å². The fourth-order valence-corrected chi connectivity index (χ4v) is 3.65. The molecule has 1 amide bonds. The van der Waals surface area contributed by atoms with Gasteiger partial charge in [-0.1, -0.05) is 17.7 Å². The Morgan fingerprint density at radius 3 is 2.76 bits per heavy atom. The summed E-state index contributed by atoms with van der Waals surface area (Å²) in [6.07, 6.45) is 1.65. The van der Waals surface area contributed by atoms with Gasteiger partial charge >= 0.3 is 0 Å². The molecule has 6 nitrogen and oxygen atoms in total. The van der Waals surface area contributed by atoms with Crippen molar-refractivity contribution in [2.75, 3.05) is 14.1 Å². The van der Waals surface area contributed by atoms with E-state index in [0.717, 1.165) is 16.6 Å². The highest BCUT2D eigenvalue weighted by Crippen LogP contribution is 2.45. The van der Waals surface area contributed by atoms with E-state index in [1.165, 1.54) is 26.2 Å². The molecule has 3 rings (SSSR count). The number of carbonyl (C=O) groups excluding carboxylic acids is 1. The maximum Gasteiger partial charge on any atom is 0.275 e. The van der Waals surface area contributed by atoms with Crippen LogP contribution in [-0.4, -0.2) is 38.8 Å². The first-order valence-corrected chi connectivity index (χ1v) is 9.29. The predicted octanol–water partition coefficient (Wildman–Crippen LogP) is 2.61. The van der Waals surface area contributed by atoms with Crippen LogP contribution in [0.15, 0.2) is 40.0 Å². The van der Waals surface area contributed by atoms with Gasteiger partial charge < -0.3 is 9.73 Å². The first-order chi connectivity index (χ1) is 11.7. The maximum absolute atomic E-state index is 13.9. The van der Waals surface area contributed by atoms with Crippen molar-refractivity contribution in [1.29, 1.82) is 0 Å². The standard InChI is InChI=1S/C16H16ClFN2O4S/c1-20(2)25(22,23)14-6-9(8-24-14)16(21)19-13-7-10(13)15-11(17)4-3-5-12(15)18/h3-6,8,10,13H,7H2,1-2H3,(H,19,21). The van der Waals surface area contributed by atoms with Crippen LogP contribution in [0, 0.1) is 5.82 Å². The second-order valence-corrected chi connectivity index (χ2v) is 8.49. The van der Waals surface area contributed by atoms with Crippen LogP contribution < -0.4 is 5.32 Å². The van der Waals surface area contributed by atoms with Crippen molar-refractivity contribution in [2.24, 2.45) is 0 Å². The molecule has 2 unspecified atom stereocenters. The van der Waals surface area contributed by atoms with Crippen LogP contribution in [0.2, 0.25) is 5.02 Å². The predicted molar refractivity (Wildman–Crippen MR) is 89.6 cm³/mol. The number of hydrogen-bond donors (Lipinski definition) is 1. The van der Waals surface area contributed by atoms with Gasteiger partial charge in [0.25, 0.3) is 15.9 Å². The lowest BCUT2D eigenvalue weighted by Gasteiger charge is -2.07. The maximum atomic E-state index is 13.9. The van der Waals surface area contributed by atoms with Gasteiger partial charge in [-0.2, -0.15) is 0 Å². The monoisotopic (exact) mass is 386 g/mol. The topological polar surface area (TPSA) is 79.6 Å². The summed E-state index contributed by atoms with van der Waals surface area (Å²) in [5.74, 6) is -1.09. The van der Waals surface area contributed by atoms with Gasteiger partial charge in [0.2, 0.25) is 5.09 Å². The molecule has 2 aromatic rings. The number of carbonyl (C=O) groups is 1. The van der Waals surface area contributed by atoms with Crippen molar-refractivity contribution in [3.05, 3.63) is 52.5 Å². The average molecular weight is 387 g/mol. The number of furan rings is 1. The zero-order chi connectivity index (χ0) is 18.4. The molecule has 0 spiro atoms. The van der Waals surface area contributed by atoms with Gasteiger partial charge in [-0.3, -0.25) is 4.79 Å². The molecule has 1 heterocycles. The van der Waals surface area contributed by atoms with E-state index in [2.05, 4.69) is 5.32 Å². The third kappa shape index (κ3) is 3.42. The quantitative estimate of drug-likeness (QED) is 0.856. The minimum absolute atomic E-state index is 0.0886. The molecule has 0 saturated heterocycles. The average Bonchev–Trinajstić information content (AvgIpc) is 3.09. The number of nitrogens with one attached hydrogen (secondary N) is 1. The Balaban J connectivity index is 1.70. The summed E-state index contributed by atoms with van der Waals surface area (Å²) in [6.45, 7) is 0. The Labute approximate surface area is 149 Å². The van der Waals surface area contributed by atoms with E-state index in [0.29, 0.717) is 17.0 Å². The van der Waals surface area contributed by atoms with E-state index in [1.807, 2.05) is 0 Å². The fraction of sp³-hybridized carbons (Fsp3) is 0.312. The number of rotatable bonds is 5. The van der Waals surface area contributed by atoms with E-state index in [9.17, 15) is 17.6 Å². The summed E-state index contributed by atoms with van der Waals surface area (Å²) in [5, 5.41) is 2.75. The SMILES string of the molecule is CN(C)S(=O)(=O)c1cc(C(=O)NC2CC2c2c(F)cccc2Cl)co1. The van der Waals surface area contributed by atoms with Gasteiger partial charge in [0.15, 0.2) is 0 Å². The molecular formula is C16H16ClFN2O4S. The molecule has 1 fully saturated rings. The van der Waals surface area contributed by atoms with Gasteiger partial charge in [-0.25, -0.2) is 17.1 Å². The molecule has 0 bridgehead atoms. The van der Waals surface area contributed by atoms with E-state index < -0.39 is 21.7 Å². The Bertz CT molecular complexity index is 906. The van der Waals surface area contributed by atoms with Crippen LogP contribution in [0.4, 0.5) is 4.39 Å². The number of hydrogen-bond acceptors (Lipinski definition) is 4. The number of amides is 1. The van der Waals surface area contributed by atoms with Crippen LogP contribution in [0.3, 0.4) is 0 Å². The van der Waals surface area contributed by atoms with E-state index >= 15 is 0 Å². The molecule has 1 aliphatic rings. The lowest BCUT2D eigenvalue weighted by molar-refractivity contribution is 0.0949. The van der Waals surface area contributed by atoms with Gasteiger partial charge in [0, 0.05) is 42.7 Å². The van der Waals surface area contributed by atoms with E-state index in [4.69, 9.17) is 16.0 Å². The highest BCUT2D eigenvalue weighted by atomic mass is 35.5. The number of benzene rings is 1. The zero-order valence-corrected chi connectivity index (χ0v) is 15.1. The van der Waals surface area contributed by atoms with Crippen molar-refractivity contribution < 1.29 is 22.0 Å².